The Labute approximate surface area is 368 Å². The molecule has 2 atom stereocenters. The molecule has 350 valence electrons. The molecule has 0 aliphatic rings. The standard InChI is InChI=1S/C50H92NO8P/c1-3-5-7-9-11-13-15-17-19-21-23-24-25-27-29-31-33-35-37-39-41-43-50(53)59-48(47-58-60(54,55)57-45-44-51)46-56-49(52)42-40-38-36-34-32-30-28-26-22-20-18-16-14-12-10-8-6-4-2/h5,7,11,13,17,19,23-24,48H,3-4,6,8-10,12,14-16,18,20-22,25-47,51H2,1-2H3,(H,54,55)/b7-5-,13-11-,19-17-,24-23-. The Morgan fingerprint density at radius 3 is 1.37 bits per heavy atom. The summed E-state index contributed by atoms with van der Waals surface area (Å²) < 4.78 is 32.9. The van der Waals surface area contributed by atoms with Gasteiger partial charge in [-0.1, -0.05) is 210 Å². The molecule has 0 rings (SSSR count). The van der Waals surface area contributed by atoms with Gasteiger partial charge in [0.1, 0.15) is 6.61 Å². The normalized spacial score (nSPS) is 13.6. The van der Waals surface area contributed by atoms with Crippen LogP contribution in [0.4, 0.5) is 0 Å². The van der Waals surface area contributed by atoms with Crippen LogP contribution in [0.15, 0.2) is 48.6 Å². The number of phosphoric acid groups is 1. The zero-order valence-corrected chi connectivity index (χ0v) is 39.6. The molecule has 0 amide bonds. The lowest BCUT2D eigenvalue weighted by Gasteiger charge is -2.19. The van der Waals surface area contributed by atoms with Crippen LogP contribution in [-0.4, -0.2) is 49.3 Å². The van der Waals surface area contributed by atoms with E-state index in [1.807, 2.05) is 0 Å². The highest BCUT2D eigenvalue weighted by molar-refractivity contribution is 7.47. The van der Waals surface area contributed by atoms with Gasteiger partial charge in [-0.15, -0.1) is 0 Å². The molecule has 0 radical (unpaired) electrons. The molecular formula is C50H92NO8P. The van der Waals surface area contributed by atoms with Crippen molar-refractivity contribution in [1.82, 2.24) is 0 Å². The summed E-state index contributed by atoms with van der Waals surface area (Å²) in [6.45, 7) is 3.64. The van der Waals surface area contributed by atoms with Crippen molar-refractivity contribution < 1.29 is 37.6 Å². The van der Waals surface area contributed by atoms with E-state index in [1.54, 1.807) is 0 Å². The molecule has 0 saturated carbocycles. The van der Waals surface area contributed by atoms with Gasteiger partial charge in [0.05, 0.1) is 13.2 Å². The largest absolute Gasteiger partial charge is 0.472 e. The van der Waals surface area contributed by atoms with E-state index in [4.69, 9.17) is 24.3 Å². The minimum absolute atomic E-state index is 0.0516. The van der Waals surface area contributed by atoms with Crippen LogP contribution in [0.5, 0.6) is 0 Å². The zero-order chi connectivity index (χ0) is 43.9. The second-order valence-electron chi connectivity index (χ2n) is 16.3. The molecule has 0 saturated heterocycles. The van der Waals surface area contributed by atoms with Gasteiger partial charge in [-0.05, 0) is 51.4 Å². The number of hydrogen-bond acceptors (Lipinski definition) is 8. The maximum atomic E-state index is 12.6. The monoisotopic (exact) mass is 866 g/mol. The van der Waals surface area contributed by atoms with E-state index < -0.39 is 26.5 Å². The smallest absolute Gasteiger partial charge is 0.462 e. The molecule has 0 spiro atoms. The summed E-state index contributed by atoms with van der Waals surface area (Å²) >= 11 is 0. The fraction of sp³-hybridized carbons (Fsp3) is 0.800. The van der Waals surface area contributed by atoms with Crippen molar-refractivity contribution in [3.63, 3.8) is 0 Å². The van der Waals surface area contributed by atoms with Crippen LogP contribution in [0.3, 0.4) is 0 Å². The predicted octanol–water partition coefficient (Wildman–Crippen LogP) is 14.7. The summed E-state index contributed by atoms with van der Waals surface area (Å²) in [5.74, 6) is -0.830. The first-order valence-electron chi connectivity index (χ1n) is 24.6. The van der Waals surface area contributed by atoms with Crippen LogP contribution in [0, 0.1) is 0 Å². The predicted molar refractivity (Wildman–Crippen MR) is 252 cm³/mol. The van der Waals surface area contributed by atoms with Crippen molar-refractivity contribution in [3.8, 4) is 0 Å². The molecular weight excluding hydrogens is 774 g/mol. The minimum Gasteiger partial charge on any atom is -0.462 e. The molecule has 0 heterocycles. The van der Waals surface area contributed by atoms with Crippen molar-refractivity contribution in [2.24, 2.45) is 5.73 Å². The number of allylic oxidation sites excluding steroid dienone is 8. The highest BCUT2D eigenvalue weighted by Crippen LogP contribution is 2.43. The van der Waals surface area contributed by atoms with Gasteiger partial charge in [0.25, 0.3) is 0 Å². The van der Waals surface area contributed by atoms with E-state index >= 15 is 0 Å². The lowest BCUT2D eigenvalue weighted by atomic mass is 10.0. The first kappa shape index (κ1) is 58.0. The van der Waals surface area contributed by atoms with E-state index in [1.165, 1.54) is 122 Å². The third kappa shape index (κ3) is 45.5. The van der Waals surface area contributed by atoms with Crippen molar-refractivity contribution >= 4 is 19.8 Å². The number of nitrogens with two attached hydrogens (primary N) is 1. The Bertz CT molecular complexity index is 1120. The average Bonchev–Trinajstić information content (AvgIpc) is 3.24. The number of carbonyl (C=O) groups is 2. The molecule has 0 aliphatic carbocycles. The Balaban J connectivity index is 4.08. The molecule has 0 aromatic heterocycles. The first-order chi connectivity index (χ1) is 29.3. The van der Waals surface area contributed by atoms with Gasteiger partial charge in [0, 0.05) is 19.4 Å². The van der Waals surface area contributed by atoms with Crippen molar-refractivity contribution in [2.45, 2.75) is 232 Å². The summed E-state index contributed by atoms with van der Waals surface area (Å²) in [6.07, 6.45) is 54.3. The Morgan fingerprint density at radius 2 is 0.917 bits per heavy atom. The lowest BCUT2D eigenvalue weighted by Crippen LogP contribution is -2.29. The van der Waals surface area contributed by atoms with Gasteiger partial charge in [-0.2, -0.15) is 0 Å². The quantitative estimate of drug-likeness (QED) is 0.0265. The van der Waals surface area contributed by atoms with Crippen molar-refractivity contribution in [2.75, 3.05) is 26.4 Å². The van der Waals surface area contributed by atoms with Gasteiger partial charge in [0.2, 0.25) is 0 Å². The van der Waals surface area contributed by atoms with E-state index in [0.29, 0.717) is 6.42 Å². The summed E-state index contributed by atoms with van der Waals surface area (Å²) in [7, 11) is -4.38. The number of unbranched alkanes of at least 4 members (excludes halogenated alkanes) is 25. The molecule has 0 fully saturated rings. The van der Waals surface area contributed by atoms with Crippen molar-refractivity contribution in [3.05, 3.63) is 48.6 Å². The molecule has 0 aliphatic heterocycles. The highest BCUT2D eigenvalue weighted by atomic mass is 31.2. The maximum Gasteiger partial charge on any atom is 0.472 e. The SMILES string of the molecule is CC/C=C\C/C=C\C/C=C\C/C=C\CCCCCCCCCCC(=O)OC(COC(=O)CCCCCCCCCCCCCCCCCCCC)COP(=O)(O)OCCN. The molecule has 0 bridgehead atoms. The van der Waals surface area contributed by atoms with Crippen LogP contribution in [0.2, 0.25) is 0 Å². The fourth-order valence-corrected chi connectivity index (χ4v) is 7.63. The van der Waals surface area contributed by atoms with Gasteiger partial charge >= 0.3 is 19.8 Å². The summed E-state index contributed by atoms with van der Waals surface area (Å²) in [6, 6.07) is 0. The van der Waals surface area contributed by atoms with E-state index in [-0.39, 0.29) is 38.6 Å². The number of rotatable bonds is 46. The third-order valence-corrected chi connectivity index (χ3v) is 11.5. The maximum absolute atomic E-state index is 12.6. The highest BCUT2D eigenvalue weighted by Gasteiger charge is 2.26. The van der Waals surface area contributed by atoms with Gasteiger partial charge in [0.15, 0.2) is 6.10 Å². The molecule has 60 heavy (non-hydrogen) atoms. The second kappa shape index (κ2) is 46.5. The number of esters is 2. The Kier molecular flexibility index (Phi) is 44.9. The average molecular weight is 866 g/mol. The van der Waals surface area contributed by atoms with Crippen molar-refractivity contribution in [1.29, 1.82) is 0 Å². The number of carbonyl (C=O) groups excluding carboxylic acids is 2. The molecule has 0 aromatic carbocycles. The Hall–Kier alpha value is -2.03. The summed E-state index contributed by atoms with van der Waals surface area (Å²) in [4.78, 5) is 35.0. The van der Waals surface area contributed by atoms with Gasteiger partial charge in [-0.3, -0.25) is 18.6 Å². The van der Waals surface area contributed by atoms with Crippen LogP contribution >= 0.6 is 7.82 Å². The van der Waals surface area contributed by atoms with E-state index in [9.17, 15) is 19.0 Å². The topological polar surface area (TPSA) is 134 Å². The molecule has 9 nitrogen and oxygen atoms in total. The van der Waals surface area contributed by atoms with E-state index in [0.717, 1.165) is 70.6 Å². The van der Waals surface area contributed by atoms with Crippen LogP contribution in [0.1, 0.15) is 226 Å². The number of phosphoric ester groups is 1. The van der Waals surface area contributed by atoms with Crippen LogP contribution in [-0.2, 0) is 32.7 Å². The van der Waals surface area contributed by atoms with Gasteiger partial charge < -0.3 is 20.1 Å². The third-order valence-electron chi connectivity index (χ3n) is 10.5. The molecule has 0 aromatic rings. The summed E-state index contributed by atoms with van der Waals surface area (Å²) in [5.41, 5.74) is 5.36. The molecule has 10 heteroatoms. The first-order valence-corrected chi connectivity index (χ1v) is 26.1. The van der Waals surface area contributed by atoms with Crippen LogP contribution < -0.4 is 5.73 Å². The Morgan fingerprint density at radius 1 is 0.517 bits per heavy atom. The second-order valence-corrected chi connectivity index (χ2v) is 17.8. The summed E-state index contributed by atoms with van der Waals surface area (Å²) in [5, 5.41) is 0. The fourth-order valence-electron chi connectivity index (χ4n) is 6.86. The minimum atomic E-state index is -4.38. The van der Waals surface area contributed by atoms with Crippen LogP contribution in [0.25, 0.3) is 0 Å². The lowest BCUT2D eigenvalue weighted by molar-refractivity contribution is -0.161. The van der Waals surface area contributed by atoms with Gasteiger partial charge in [-0.25, -0.2) is 4.57 Å². The number of ether oxygens (including phenoxy) is 2. The van der Waals surface area contributed by atoms with E-state index in [2.05, 4.69) is 62.5 Å². The molecule has 2 unspecified atom stereocenters. The molecule has 3 N–H and O–H groups in total. The zero-order valence-electron chi connectivity index (χ0n) is 38.7. The number of hydrogen-bond donors (Lipinski definition) is 2.